The number of ether oxygens (including phenoxy) is 2. The number of halogens is 3. The maximum Gasteiger partial charge on any atom is 0.416 e. The monoisotopic (exact) mass is 547 g/mol. The smallest absolute Gasteiger partial charge is 0.389 e. The first-order chi connectivity index (χ1) is 18.7. The first kappa shape index (κ1) is 27.4. The highest BCUT2D eigenvalue weighted by Gasteiger charge is 2.40. The molecule has 0 bridgehead atoms. The lowest BCUT2D eigenvalue weighted by Crippen LogP contribution is -2.58. The Labute approximate surface area is 224 Å². The van der Waals surface area contributed by atoms with Crippen molar-refractivity contribution in [2.75, 3.05) is 25.1 Å². The second-order valence-electron chi connectivity index (χ2n) is 10.4. The van der Waals surface area contributed by atoms with Gasteiger partial charge in [0, 0.05) is 11.7 Å². The molecule has 5 rings (SSSR count). The zero-order valence-corrected chi connectivity index (χ0v) is 21.3. The van der Waals surface area contributed by atoms with Gasteiger partial charge in [-0.3, -0.25) is 4.79 Å². The average molecular weight is 548 g/mol. The fraction of sp³-hybridized carbons (Fsp3) is 0.500. The Hall–Kier alpha value is -3.15. The molecule has 0 radical (unpaired) electrons. The number of nitrogens with one attached hydrogen (secondary N) is 2. The van der Waals surface area contributed by atoms with E-state index in [1.165, 1.54) is 28.2 Å². The summed E-state index contributed by atoms with van der Waals surface area (Å²) in [5.41, 5.74) is 1.90. The van der Waals surface area contributed by atoms with Crippen molar-refractivity contribution >= 4 is 17.6 Å². The first-order valence-corrected chi connectivity index (χ1v) is 13.2. The van der Waals surface area contributed by atoms with Crippen LogP contribution in [0.2, 0.25) is 0 Å². The maximum absolute atomic E-state index is 13.2. The van der Waals surface area contributed by atoms with Gasteiger partial charge in [-0.1, -0.05) is 24.3 Å². The van der Waals surface area contributed by atoms with Gasteiger partial charge in [-0.2, -0.15) is 13.2 Å². The minimum atomic E-state index is -4.47. The fourth-order valence-electron chi connectivity index (χ4n) is 5.67. The molecule has 0 spiro atoms. The number of carbonyl (C=O) groups excluding carboxylic acids is 2. The van der Waals surface area contributed by atoms with Gasteiger partial charge in [-0.15, -0.1) is 0 Å². The third kappa shape index (κ3) is 6.71. The minimum absolute atomic E-state index is 0.00400. The van der Waals surface area contributed by atoms with Crippen LogP contribution in [0.1, 0.15) is 36.0 Å². The summed E-state index contributed by atoms with van der Waals surface area (Å²) < 4.78 is 50.5. The van der Waals surface area contributed by atoms with E-state index in [0.717, 1.165) is 25.0 Å². The fourth-order valence-corrected chi connectivity index (χ4v) is 5.67. The lowest BCUT2D eigenvalue weighted by atomic mass is 9.95. The maximum atomic E-state index is 13.2. The third-order valence-corrected chi connectivity index (χ3v) is 7.53. The number of carbonyl (C=O) groups is 2. The van der Waals surface area contributed by atoms with E-state index in [9.17, 15) is 27.9 Å². The van der Waals surface area contributed by atoms with Gasteiger partial charge in [0.1, 0.15) is 6.10 Å². The number of hydrogen-bond acceptors (Lipinski definition) is 5. The molecule has 11 heteroatoms. The number of alkyl halides is 3. The number of β-amino-alcohol motifs (C(OH)–C–C–N with tert-alkyl or cyclic N) is 1. The highest BCUT2D eigenvalue weighted by molar-refractivity contribution is 5.89. The van der Waals surface area contributed by atoms with Crippen LogP contribution in [-0.4, -0.2) is 72.1 Å². The Morgan fingerprint density at radius 3 is 2.36 bits per heavy atom. The normalized spacial score (nSPS) is 25.7. The van der Waals surface area contributed by atoms with Gasteiger partial charge in [-0.25, -0.2) is 4.79 Å². The van der Waals surface area contributed by atoms with Gasteiger partial charge in [0.25, 0.3) is 0 Å². The van der Waals surface area contributed by atoms with Gasteiger partial charge in [0.2, 0.25) is 5.91 Å². The molecular formula is C28H32F3N3O5. The number of benzene rings is 2. The van der Waals surface area contributed by atoms with E-state index in [0.29, 0.717) is 12.8 Å². The topological polar surface area (TPSA) is 100 Å². The molecule has 3 amide bonds. The third-order valence-electron chi connectivity index (χ3n) is 7.53. The van der Waals surface area contributed by atoms with E-state index >= 15 is 0 Å². The number of aliphatic hydroxyl groups is 1. The molecule has 39 heavy (non-hydrogen) atoms. The van der Waals surface area contributed by atoms with E-state index in [-0.39, 0.29) is 49.9 Å². The number of hydrogen-bond donors (Lipinski definition) is 3. The molecule has 2 saturated heterocycles. The Balaban J connectivity index is 1.18. The molecular weight excluding hydrogens is 515 g/mol. The Kier molecular flexibility index (Phi) is 8.11. The summed E-state index contributed by atoms with van der Waals surface area (Å²) in [6, 6.07) is 11.4. The van der Waals surface area contributed by atoms with Crippen LogP contribution in [0.3, 0.4) is 0 Å². The number of rotatable bonds is 4. The van der Waals surface area contributed by atoms with E-state index in [1.807, 2.05) is 12.1 Å². The molecule has 8 nitrogen and oxygen atoms in total. The summed E-state index contributed by atoms with van der Waals surface area (Å²) >= 11 is 0. The molecule has 1 aliphatic carbocycles. The highest BCUT2D eigenvalue weighted by Crippen LogP contribution is 2.31. The van der Waals surface area contributed by atoms with Crippen LogP contribution in [0.15, 0.2) is 48.5 Å². The van der Waals surface area contributed by atoms with Crippen LogP contribution in [0.4, 0.5) is 23.7 Å². The second-order valence-corrected chi connectivity index (χ2v) is 10.4. The summed E-state index contributed by atoms with van der Waals surface area (Å²) in [6.45, 7) is 0.121. The first-order valence-electron chi connectivity index (χ1n) is 13.2. The Bertz CT molecular complexity index is 1150. The zero-order chi connectivity index (χ0) is 27.6. The molecule has 2 aliphatic heterocycles. The summed E-state index contributed by atoms with van der Waals surface area (Å²) in [5.74, 6) is -0.0876. The van der Waals surface area contributed by atoms with Crippen molar-refractivity contribution in [3.05, 3.63) is 65.2 Å². The number of nitrogens with zero attached hydrogens (tertiary/aromatic N) is 1. The standard InChI is InChI=1S/C28H32F3N3O5/c29-28(30,31)19-5-7-20(8-6-19)33-27(37)34-14-22(35)15-38-16-25-24(34)10-9-23(39-25)13-26(36)32-21-11-17-3-1-2-4-18(17)12-21/h1-8,21-25,35H,9-16H2,(H,32,36)(H,33,37)/t22-,23-,24+,25-/m0/s1. The number of aliphatic hydroxyl groups excluding tert-OH is 1. The number of urea groups is 1. The van der Waals surface area contributed by atoms with Gasteiger partial charge in [-0.05, 0) is 61.1 Å². The van der Waals surface area contributed by atoms with Gasteiger partial charge >= 0.3 is 12.2 Å². The summed E-state index contributed by atoms with van der Waals surface area (Å²) in [6.07, 6.45) is -3.42. The molecule has 3 aliphatic rings. The lowest BCUT2D eigenvalue weighted by Gasteiger charge is -2.44. The highest BCUT2D eigenvalue weighted by atomic mass is 19.4. The molecule has 0 saturated carbocycles. The van der Waals surface area contributed by atoms with Crippen molar-refractivity contribution in [2.24, 2.45) is 0 Å². The molecule has 4 atom stereocenters. The van der Waals surface area contributed by atoms with Crippen molar-refractivity contribution in [3.8, 4) is 0 Å². The van der Waals surface area contributed by atoms with Crippen LogP contribution in [-0.2, 0) is 33.3 Å². The number of fused-ring (bicyclic) bond motifs is 2. The van der Waals surface area contributed by atoms with Crippen LogP contribution >= 0.6 is 0 Å². The SMILES string of the molecule is O=C(C[C@@H]1CC[C@@H]2[C@H](COC[C@@H](O)CN2C(=O)Nc2ccc(C(F)(F)F)cc2)O1)NC1Cc2ccccc2C1. The van der Waals surface area contributed by atoms with Crippen LogP contribution in [0.25, 0.3) is 0 Å². The van der Waals surface area contributed by atoms with E-state index in [2.05, 4.69) is 22.8 Å². The molecule has 3 N–H and O–H groups in total. The predicted molar refractivity (Wildman–Crippen MR) is 136 cm³/mol. The predicted octanol–water partition coefficient (Wildman–Crippen LogP) is 3.52. The molecule has 2 fully saturated rings. The van der Waals surface area contributed by atoms with Crippen LogP contribution < -0.4 is 10.6 Å². The van der Waals surface area contributed by atoms with Crippen molar-refractivity contribution in [2.45, 2.75) is 68.7 Å². The quantitative estimate of drug-likeness (QED) is 0.544. The molecule has 210 valence electrons. The number of amides is 3. The second kappa shape index (κ2) is 11.5. The van der Waals surface area contributed by atoms with Gasteiger partial charge in [0.05, 0.1) is 50.0 Å². The molecule has 2 aromatic rings. The van der Waals surface area contributed by atoms with Crippen LogP contribution in [0.5, 0.6) is 0 Å². The summed E-state index contributed by atoms with van der Waals surface area (Å²) in [7, 11) is 0. The average Bonchev–Trinajstić information content (AvgIpc) is 3.28. The molecule has 2 heterocycles. The van der Waals surface area contributed by atoms with Crippen molar-refractivity contribution < 1.29 is 37.3 Å². The Morgan fingerprint density at radius 2 is 1.69 bits per heavy atom. The van der Waals surface area contributed by atoms with E-state index < -0.39 is 36.0 Å². The number of anilines is 1. The van der Waals surface area contributed by atoms with E-state index in [4.69, 9.17) is 9.47 Å². The van der Waals surface area contributed by atoms with Crippen LogP contribution in [0, 0.1) is 0 Å². The largest absolute Gasteiger partial charge is 0.416 e. The molecule has 0 aromatic heterocycles. The van der Waals surface area contributed by atoms with Crippen molar-refractivity contribution in [1.82, 2.24) is 10.2 Å². The molecule has 2 aromatic carbocycles. The van der Waals surface area contributed by atoms with Gasteiger partial charge in [0.15, 0.2) is 0 Å². The van der Waals surface area contributed by atoms with Gasteiger partial charge < -0.3 is 30.1 Å². The molecule has 0 unspecified atom stereocenters. The van der Waals surface area contributed by atoms with Crippen molar-refractivity contribution in [1.29, 1.82) is 0 Å². The minimum Gasteiger partial charge on any atom is -0.389 e. The lowest BCUT2D eigenvalue weighted by molar-refractivity contribution is -0.150. The summed E-state index contributed by atoms with van der Waals surface area (Å²) in [5, 5.41) is 16.1. The van der Waals surface area contributed by atoms with Crippen molar-refractivity contribution in [3.63, 3.8) is 0 Å². The van der Waals surface area contributed by atoms with E-state index in [1.54, 1.807) is 0 Å². The summed E-state index contributed by atoms with van der Waals surface area (Å²) in [4.78, 5) is 27.4. The Morgan fingerprint density at radius 1 is 1.00 bits per heavy atom. The zero-order valence-electron chi connectivity index (χ0n) is 21.3.